The van der Waals surface area contributed by atoms with Gasteiger partial charge in [0.15, 0.2) is 11.0 Å². The Balaban J connectivity index is 1.62. The number of aryl methyl sites for hydroxylation is 1. The minimum atomic E-state index is 0.549. The van der Waals surface area contributed by atoms with Gasteiger partial charge >= 0.3 is 0 Å². The van der Waals surface area contributed by atoms with Gasteiger partial charge in [-0.3, -0.25) is 0 Å². The van der Waals surface area contributed by atoms with Gasteiger partial charge in [0.2, 0.25) is 0 Å². The number of ether oxygens (including phenoxy) is 1. The number of aromatic nitrogens is 5. The van der Waals surface area contributed by atoms with E-state index >= 15 is 0 Å². The number of hydrogen-bond acceptors (Lipinski definition) is 6. The van der Waals surface area contributed by atoms with E-state index in [2.05, 4.69) is 21.4 Å². The summed E-state index contributed by atoms with van der Waals surface area (Å²) in [4.78, 5) is 0. The van der Waals surface area contributed by atoms with E-state index in [4.69, 9.17) is 4.74 Å². The molecule has 0 amide bonds. The Morgan fingerprint density at radius 2 is 1.80 bits per heavy atom. The van der Waals surface area contributed by atoms with Crippen LogP contribution < -0.4 is 4.74 Å². The van der Waals surface area contributed by atoms with Crippen molar-refractivity contribution in [3.8, 4) is 28.9 Å². The van der Waals surface area contributed by atoms with Crippen LogP contribution in [0.15, 0.2) is 59.8 Å². The lowest BCUT2D eigenvalue weighted by Crippen LogP contribution is -2.03. The van der Waals surface area contributed by atoms with Gasteiger partial charge in [0.25, 0.3) is 0 Å². The van der Waals surface area contributed by atoms with Crippen LogP contribution in [-0.2, 0) is 12.8 Å². The largest absolute Gasteiger partial charge is 0.497 e. The number of nitrogens with zero attached hydrogens (tertiary/aromatic N) is 6. The maximum absolute atomic E-state index is 9.65. The first-order valence-corrected chi connectivity index (χ1v) is 10.3. The quantitative estimate of drug-likeness (QED) is 0.439. The van der Waals surface area contributed by atoms with E-state index < -0.39 is 0 Å². The summed E-state index contributed by atoms with van der Waals surface area (Å²) in [5.74, 6) is 2.12. The summed E-state index contributed by atoms with van der Waals surface area (Å²) in [5.41, 5.74) is 4.05. The number of rotatable bonds is 6. The molecule has 0 fully saturated rings. The van der Waals surface area contributed by atoms with E-state index in [1.54, 1.807) is 7.11 Å². The first kappa shape index (κ1) is 19.7. The van der Waals surface area contributed by atoms with Gasteiger partial charge in [-0.15, -0.1) is 10.2 Å². The van der Waals surface area contributed by atoms with Crippen LogP contribution in [0.25, 0.3) is 17.1 Å². The van der Waals surface area contributed by atoms with Crippen molar-refractivity contribution in [1.29, 1.82) is 5.26 Å². The highest BCUT2D eigenvalue weighted by atomic mass is 32.2. The summed E-state index contributed by atoms with van der Waals surface area (Å²) in [6.45, 7) is 1.86. The van der Waals surface area contributed by atoms with Crippen molar-refractivity contribution in [2.24, 2.45) is 7.05 Å². The number of para-hydroxylation sites is 1. The average Bonchev–Trinajstić information content (AvgIpc) is 3.31. The normalized spacial score (nSPS) is 10.7. The van der Waals surface area contributed by atoms with Crippen LogP contribution in [0, 0.1) is 18.3 Å². The number of nitriles is 1. The van der Waals surface area contributed by atoms with Gasteiger partial charge in [-0.05, 0) is 43.3 Å². The Bertz CT molecular complexity index is 1210. The van der Waals surface area contributed by atoms with Crippen LogP contribution in [0.1, 0.15) is 17.0 Å². The molecular weight excluding hydrogens is 396 g/mol. The molecule has 0 unspecified atom stereocenters. The predicted molar refractivity (Wildman–Crippen MR) is 116 cm³/mol. The number of methoxy groups -OCH3 is 1. The van der Waals surface area contributed by atoms with Gasteiger partial charge < -0.3 is 9.30 Å². The zero-order valence-corrected chi connectivity index (χ0v) is 17.7. The summed E-state index contributed by atoms with van der Waals surface area (Å²) in [6, 6.07) is 19.8. The third-order valence-corrected chi connectivity index (χ3v) is 5.82. The van der Waals surface area contributed by atoms with E-state index in [1.165, 1.54) is 11.8 Å². The summed E-state index contributed by atoms with van der Waals surface area (Å²) < 4.78 is 9.01. The molecule has 0 spiro atoms. The third kappa shape index (κ3) is 3.67. The highest BCUT2D eigenvalue weighted by Crippen LogP contribution is 2.29. The van der Waals surface area contributed by atoms with Crippen molar-refractivity contribution in [2.45, 2.75) is 17.8 Å². The Morgan fingerprint density at radius 3 is 2.47 bits per heavy atom. The first-order chi connectivity index (χ1) is 14.6. The molecule has 0 aliphatic carbocycles. The molecule has 0 saturated heterocycles. The fraction of sp³-hybridized carbons (Fsp3) is 0.182. The standard InChI is InChI=1S/C22H20N6OS/c1-15-19(13-23)20(28(26-15)17-7-5-4-6-8-17)14-30-22-25-24-21(27(22)2)16-9-11-18(29-3)12-10-16/h4-12H,14H2,1-3H3. The van der Waals surface area contributed by atoms with Gasteiger partial charge in [-0.25, -0.2) is 4.68 Å². The molecule has 0 atom stereocenters. The molecule has 0 aliphatic rings. The molecule has 7 nitrogen and oxygen atoms in total. The molecular formula is C22H20N6OS. The summed E-state index contributed by atoms with van der Waals surface area (Å²) in [7, 11) is 3.58. The second kappa shape index (κ2) is 8.43. The SMILES string of the molecule is COc1ccc(-c2nnc(SCc3c(C#N)c(C)nn3-c3ccccc3)n2C)cc1. The van der Waals surface area contributed by atoms with Crippen LogP contribution in [0.5, 0.6) is 5.75 Å². The van der Waals surface area contributed by atoms with Crippen LogP contribution in [0.4, 0.5) is 0 Å². The lowest BCUT2D eigenvalue weighted by molar-refractivity contribution is 0.415. The van der Waals surface area contributed by atoms with E-state index in [-0.39, 0.29) is 0 Å². The number of hydrogen-bond donors (Lipinski definition) is 0. The molecule has 0 radical (unpaired) electrons. The fourth-order valence-corrected chi connectivity index (χ4v) is 4.11. The van der Waals surface area contributed by atoms with E-state index in [0.717, 1.165) is 33.7 Å². The fourth-order valence-electron chi connectivity index (χ4n) is 3.20. The van der Waals surface area contributed by atoms with Crippen molar-refractivity contribution < 1.29 is 4.74 Å². The summed E-state index contributed by atoms with van der Waals surface area (Å²) in [6.07, 6.45) is 0. The smallest absolute Gasteiger partial charge is 0.191 e. The molecule has 0 saturated carbocycles. The summed E-state index contributed by atoms with van der Waals surface area (Å²) in [5, 5.41) is 23.7. The second-order valence-electron chi connectivity index (χ2n) is 6.65. The lowest BCUT2D eigenvalue weighted by atomic mass is 10.2. The lowest BCUT2D eigenvalue weighted by Gasteiger charge is -2.08. The predicted octanol–water partition coefficient (Wildman–Crippen LogP) is 4.15. The third-order valence-electron chi connectivity index (χ3n) is 4.79. The van der Waals surface area contributed by atoms with Crippen LogP contribution >= 0.6 is 11.8 Å². The van der Waals surface area contributed by atoms with Gasteiger partial charge in [0, 0.05) is 18.4 Å². The van der Waals surface area contributed by atoms with Crippen molar-refractivity contribution in [3.05, 3.63) is 71.5 Å². The molecule has 0 bridgehead atoms. The Morgan fingerprint density at radius 1 is 1.07 bits per heavy atom. The highest BCUT2D eigenvalue weighted by molar-refractivity contribution is 7.98. The van der Waals surface area contributed by atoms with Crippen molar-refractivity contribution >= 4 is 11.8 Å². The Hall–Kier alpha value is -3.57. The van der Waals surface area contributed by atoms with Crippen molar-refractivity contribution in [3.63, 3.8) is 0 Å². The van der Waals surface area contributed by atoms with Crippen LogP contribution in [0.3, 0.4) is 0 Å². The number of thioether (sulfide) groups is 1. The molecule has 0 aliphatic heterocycles. The highest BCUT2D eigenvalue weighted by Gasteiger charge is 2.18. The molecule has 4 rings (SSSR count). The molecule has 4 aromatic rings. The van der Waals surface area contributed by atoms with Crippen LogP contribution in [0.2, 0.25) is 0 Å². The molecule has 30 heavy (non-hydrogen) atoms. The monoisotopic (exact) mass is 416 g/mol. The topological polar surface area (TPSA) is 81.6 Å². The van der Waals surface area contributed by atoms with Gasteiger partial charge in [-0.1, -0.05) is 30.0 Å². The summed E-state index contributed by atoms with van der Waals surface area (Å²) >= 11 is 1.53. The molecule has 0 N–H and O–H groups in total. The maximum atomic E-state index is 9.65. The Labute approximate surface area is 178 Å². The van der Waals surface area contributed by atoms with Crippen molar-refractivity contribution in [1.82, 2.24) is 24.5 Å². The zero-order chi connectivity index (χ0) is 21.1. The maximum Gasteiger partial charge on any atom is 0.191 e. The minimum absolute atomic E-state index is 0.549. The van der Waals surface area contributed by atoms with E-state index in [0.29, 0.717) is 17.0 Å². The molecule has 2 aromatic heterocycles. The Kier molecular flexibility index (Phi) is 5.55. The van der Waals surface area contributed by atoms with Gasteiger partial charge in [-0.2, -0.15) is 10.4 Å². The average molecular weight is 417 g/mol. The molecule has 150 valence electrons. The van der Waals surface area contributed by atoms with Gasteiger partial charge in [0.05, 0.1) is 29.7 Å². The van der Waals surface area contributed by atoms with E-state index in [1.807, 2.05) is 77.8 Å². The minimum Gasteiger partial charge on any atom is -0.497 e. The van der Waals surface area contributed by atoms with Crippen molar-refractivity contribution in [2.75, 3.05) is 7.11 Å². The van der Waals surface area contributed by atoms with Crippen LogP contribution in [-0.4, -0.2) is 31.7 Å². The zero-order valence-electron chi connectivity index (χ0n) is 16.9. The number of benzene rings is 2. The molecule has 2 heterocycles. The molecule has 8 heteroatoms. The van der Waals surface area contributed by atoms with E-state index in [9.17, 15) is 5.26 Å². The first-order valence-electron chi connectivity index (χ1n) is 9.33. The molecule has 2 aromatic carbocycles. The second-order valence-corrected chi connectivity index (χ2v) is 7.59. The van der Waals surface area contributed by atoms with Gasteiger partial charge in [0.1, 0.15) is 11.8 Å².